The molecule has 0 saturated carbocycles. The molecule has 3 aromatic carbocycles. The van der Waals surface area contributed by atoms with Crippen molar-refractivity contribution in [2.24, 2.45) is 0 Å². The normalized spacial score (nSPS) is 12.6. The molecule has 0 aliphatic carbocycles. The van der Waals surface area contributed by atoms with Gasteiger partial charge in [0.2, 0.25) is 0 Å². The number of rotatable bonds is 7. The number of benzene rings is 3. The molecule has 2 N–H and O–H groups in total. The summed E-state index contributed by atoms with van der Waals surface area (Å²) in [5.41, 5.74) is 4.92. The molecule has 0 fully saturated rings. The molecule has 28 heavy (non-hydrogen) atoms. The van der Waals surface area contributed by atoms with E-state index in [2.05, 4.69) is 36.5 Å². The molecule has 0 amide bonds. The van der Waals surface area contributed by atoms with Gasteiger partial charge in [-0.2, -0.15) is 0 Å². The van der Waals surface area contributed by atoms with Crippen molar-refractivity contribution in [1.82, 2.24) is 0 Å². The molecule has 2 atom stereocenters. The molecule has 3 rings (SSSR count). The van der Waals surface area contributed by atoms with Crippen LogP contribution >= 0.6 is 12.4 Å². The molecule has 0 aliphatic rings. The van der Waals surface area contributed by atoms with Gasteiger partial charge in [0.05, 0.1) is 11.8 Å². The van der Waals surface area contributed by atoms with E-state index in [1.165, 1.54) is 0 Å². The monoisotopic (exact) mass is 397 g/mol. The maximum Gasteiger partial charge on any atom is 0.143 e. The van der Waals surface area contributed by atoms with E-state index in [9.17, 15) is 5.11 Å². The highest BCUT2D eigenvalue weighted by Gasteiger charge is 2.21. The van der Waals surface area contributed by atoms with E-state index in [0.717, 1.165) is 40.1 Å². The lowest BCUT2D eigenvalue weighted by atomic mass is 9.94. The number of nitrogens with one attached hydrogen (secondary N) is 1. The second-order valence-corrected chi connectivity index (χ2v) is 6.62. The van der Waals surface area contributed by atoms with Crippen molar-refractivity contribution in [1.29, 1.82) is 0 Å². The van der Waals surface area contributed by atoms with Crippen LogP contribution in [0.3, 0.4) is 0 Å². The first-order chi connectivity index (χ1) is 13.2. The minimum Gasteiger partial charge on any atom is -0.484 e. The van der Waals surface area contributed by atoms with Crippen LogP contribution in [0, 0.1) is 0 Å². The first kappa shape index (κ1) is 21.8. The molecule has 2 unspecified atom stereocenters. The summed E-state index contributed by atoms with van der Waals surface area (Å²) in [4.78, 5) is 0. The molecular weight excluding hydrogens is 370 g/mol. The fraction of sp³-hybridized carbons (Fsp3) is 0.250. The van der Waals surface area contributed by atoms with Crippen LogP contribution in [-0.2, 0) is 0 Å². The van der Waals surface area contributed by atoms with Gasteiger partial charge in [-0.25, -0.2) is 0 Å². The Balaban J connectivity index is 0.00000280. The zero-order chi connectivity index (χ0) is 19.2. The third-order valence-electron chi connectivity index (χ3n) is 4.77. The van der Waals surface area contributed by atoms with Crippen LogP contribution in [-0.4, -0.2) is 12.2 Å². The summed E-state index contributed by atoms with van der Waals surface area (Å²) in [5, 5.41) is 13.8. The topological polar surface area (TPSA) is 41.5 Å². The van der Waals surface area contributed by atoms with E-state index in [-0.39, 0.29) is 18.5 Å². The summed E-state index contributed by atoms with van der Waals surface area (Å²) >= 11 is 0. The minimum absolute atomic E-state index is 0. The van der Waals surface area contributed by atoms with Gasteiger partial charge in [0.25, 0.3) is 0 Å². The quantitative estimate of drug-likeness (QED) is 0.484. The third-order valence-corrected chi connectivity index (χ3v) is 4.77. The number of anilines is 1. The Bertz CT molecular complexity index is 867. The van der Waals surface area contributed by atoms with Crippen LogP contribution in [0.25, 0.3) is 11.1 Å². The minimum atomic E-state index is -0.622. The summed E-state index contributed by atoms with van der Waals surface area (Å²) < 4.78 is 6.38. The average Bonchev–Trinajstić information content (AvgIpc) is 2.72. The number of ether oxygens (including phenoxy) is 1. The standard InChI is InChI=1S/C24H27NO2.ClH/c1-4-21(19-13-9-6-10-14-19)27-22-16-15-20(18-11-7-5-8-12-18)23(17(2)26)24(22)25-3;/h5-17,21,25-26H,4H2,1-3H3;1H. The zero-order valence-corrected chi connectivity index (χ0v) is 17.4. The number of hydrogen-bond donors (Lipinski definition) is 2. The Morgan fingerprint density at radius 2 is 1.54 bits per heavy atom. The van der Waals surface area contributed by atoms with E-state index in [0.29, 0.717) is 0 Å². The predicted octanol–water partition coefficient (Wildman–Crippen LogP) is 6.40. The summed E-state index contributed by atoms with van der Waals surface area (Å²) in [6.45, 7) is 3.91. The number of aliphatic hydroxyl groups is 1. The van der Waals surface area contributed by atoms with Gasteiger partial charge in [-0.1, -0.05) is 73.7 Å². The highest BCUT2D eigenvalue weighted by Crippen LogP contribution is 2.41. The molecule has 148 valence electrons. The fourth-order valence-corrected chi connectivity index (χ4v) is 3.47. The van der Waals surface area contributed by atoms with Crippen LogP contribution in [0.4, 0.5) is 5.69 Å². The van der Waals surface area contributed by atoms with Gasteiger partial charge >= 0.3 is 0 Å². The van der Waals surface area contributed by atoms with Gasteiger partial charge in [-0.15, -0.1) is 12.4 Å². The van der Waals surface area contributed by atoms with Crippen molar-refractivity contribution in [3.8, 4) is 16.9 Å². The highest BCUT2D eigenvalue weighted by molar-refractivity contribution is 5.85. The van der Waals surface area contributed by atoms with Crippen LogP contribution in [0.15, 0.2) is 72.8 Å². The molecule has 0 aliphatic heterocycles. The summed E-state index contributed by atoms with van der Waals surface area (Å²) in [7, 11) is 1.87. The molecule has 3 aromatic rings. The number of hydrogen-bond acceptors (Lipinski definition) is 3. The molecule has 0 heterocycles. The predicted molar refractivity (Wildman–Crippen MR) is 119 cm³/mol. The number of aliphatic hydroxyl groups excluding tert-OH is 1. The zero-order valence-electron chi connectivity index (χ0n) is 16.6. The third kappa shape index (κ3) is 4.67. The molecule has 0 radical (unpaired) electrons. The maximum atomic E-state index is 10.5. The second-order valence-electron chi connectivity index (χ2n) is 6.62. The van der Waals surface area contributed by atoms with Gasteiger partial charge in [0.1, 0.15) is 11.9 Å². The lowest BCUT2D eigenvalue weighted by Gasteiger charge is -2.24. The SMILES string of the molecule is CCC(Oc1ccc(-c2ccccc2)c(C(C)O)c1NC)c1ccccc1.Cl. The highest BCUT2D eigenvalue weighted by atomic mass is 35.5. The van der Waals surface area contributed by atoms with Crippen molar-refractivity contribution in [3.63, 3.8) is 0 Å². The molecule has 4 heteroatoms. The lowest BCUT2D eigenvalue weighted by molar-refractivity contribution is 0.193. The van der Waals surface area contributed by atoms with Crippen molar-refractivity contribution in [2.45, 2.75) is 32.5 Å². The molecule has 0 saturated heterocycles. The first-order valence-corrected chi connectivity index (χ1v) is 9.45. The van der Waals surface area contributed by atoms with E-state index in [4.69, 9.17) is 4.74 Å². The Hall–Kier alpha value is -2.49. The number of halogens is 1. The summed E-state index contributed by atoms with van der Waals surface area (Å²) in [6, 6.07) is 24.4. The van der Waals surface area contributed by atoms with E-state index in [1.807, 2.05) is 55.6 Å². The van der Waals surface area contributed by atoms with Crippen molar-refractivity contribution in [3.05, 3.63) is 83.9 Å². The first-order valence-electron chi connectivity index (χ1n) is 9.45. The molecular formula is C24H28ClNO2. The second kappa shape index (κ2) is 10.2. The lowest BCUT2D eigenvalue weighted by Crippen LogP contribution is -2.10. The van der Waals surface area contributed by atoms with Crippen molar-refractivity contribution >= 4 is 18.1 Å². The van der Waals surface area contributed by atoms with Crippen molar-refractivity contribution in [2.75, 3.05) is 12.4 Å². The van der Waals surface area contributed by atoms with Gasteiger partial charge in [-0.3, -0.25) is 0 Å². The van der Waals surface area contributed by atoms with E-state index in [1.54, 1.807) is 6.92 Å². The molecule has 0 aromatic heterocycles. The van der Waals surface area contributed by atoms with Gasteiger partial charge < -0.3 is 15.2 Å². The molecule has 0 spiro atoms. The van der Waals surface area contributed by atoms with Gasteiger partial charge in [-0.05, 0) is 36.1 Å². The van der Waals surface area contributed by atoms with E-state index >= 15 is 0 Å². The van der Waals surface area contributed by atoms with Crippen LogP contribution < -0.4 is 10.1 Å². The molecule has 0 bridgehead atoms. The van der Waals surface area contributed by atoms with Crippen molar-refractivity contribution < 1.29 is 9.84 Å². The molecule has 3 nitrogen and oxygen atoms in total. The van der Waals surface area contributed by atoms with E-state index < -0.39 is 6.10 Å². The van der Waals surface area contributed by atoms with Crippen LogP contribution in [0.2, 0.25) is 0 Å². The summed E-state index contributed by atoms with van der Waals surface area (Å²) in [6.07, 6.45) is 0.197. The fourth-order valence-electron chi connectivity index (χ4n) is 3.47. The Kier molecular flexibility index (Phi) is 7.91. The maximum absolute atomic E-state index is 10.5. The largest absolute Gasteiger partial charge is 0.484 e. The van der Waals surface area contributed by atoms with Crippen LogP contribution in [0.1, 0.15) is 43.6 Å². The summed E-state index contributed by atoms with van der Waals surface area (Å²) in [5.74, 6) is 0.754. The average molecular weight is 398 g/mol. The Labute approximate surface area is 173 Å². The Morgan fingerprint density at radius 1 is 0.929 bits per heavy atom. The van der Waals surface area contributed by atoms with Gasteiger partial charge in [0.15, 0.2) is 0 Å². The van der Waals surface area contributed by atoms with Crippen LogP contribution in [0.5, 0.6) is 5.75 Å². The van der Waals surface area contributed by atoms with Gasteiger partial charge in [0, 0.05) is 12.6 Å². The smallest absolute Gasteiger partial charge is 0.143 e. The Morgan fingerprint density at radius 3 is 2.07 bits per heavy atom.